The largest absolute Gasteiger partial charge is 0.481 e. The topological polar surface area (TPSA) is 40.5 Å². The molecule has 1 rings (SSSR count). The predicted molar refractivity (Wildman–Crippen MR) is 42.4 cm³/mol. The molecule has 0 atom stereocenters. The number of allylic oxidation sites excluding steroid dienone is 1. The molecule has 11 heavy (non-hydrogen) atoms. The molecular formula is C8H13NO2. The van der Waals surface area contributed by atoms with Gasteiger partial charge in [0.1, 0.15) is 0 Å². The first kappa shape index (κ1) is 8.27. The van der Waals surface area contributed by atoms with Gasteiger partial charge in [-0.05, 0) is 6.92 Å². The van der Waals surface area contributed by atoms with E-state index in [-0.39, 0.29) is 5.92 Å². The van der Waals surface area contributed by atoms with Crippen LogP contribution >= 0.6 is 0 Å². The van der Waals surface area contributed by atoms with Crippen molar-refractivity contribution in [2.75, 3.05) is 19.6 Å². The van der Waals surface area contributed by atoms with Crippen LogP contribution in [0.4, 0.5) is 0 Å². The van der Waals surface area contributed by atoms with Gasteiger partial charge in [-0.3, -0.25) is 9.69 Å². The van der Waals surface area contributed by atoms with Gasteiger partial charge in [0.05, 0.1) is 5.92 Å². The van der Waals surface area contributed by atoms with Gasteiger partial charge in [-0.25, -0.2) is 0 Å². The molecule has 1 N–H and O–H groups in total. The molecule has 62 valence electrons. The second-order valence-electron chi connectivity index (χ2n) is 2.82. The van der Waals surface area contributed by atoms with Crippen molar-refractivity contribution < 1.29 is 9.90 Å². The average molecular weight is 155 g/mol. The van der Waals surface area contributed by atoms with Crippen molar-refractivity contribution in [2.45, 2.75) is 6.92 Å². The quantitative estimate of drug-likeness (QED) is 0.606. The molecule has 0 aromatic rings. The SMILES string of the molecule is C/C=C/CN1CC(C(=O)O)C1. The Morgan fingerprint density at radius 2 is 2.36 bits per heavy atom. The summed E-state index contributed by atoms with van der Waals surface area (Å²) in [6.45, 7) is 4.27. The van der Waals surface area contributed by atoms with Crippen LogP contribution in [0.2, 0.25) is 0 Å². The van der Waals surface area contributed by atoms with E-state index in [4.69, 9.17) is 5.11 Å². The lowest BCUT2D eigenvalue weighted by Crippen LogP contribution is -2.50. The van der Waals surface area contributed by atoms with Crippen LogP contribution in [0.15, 0.2) is 12.2 Å². The third-order valence-electron chi connectivity index (χ3n) is 1.91. The third kappa shape index (κ3) is 2.05. The molecule has 0 unspecified atom stereocenters. The Hall–Kier alpha value is -0.830. The number of hydrogen-bond acceptors (Lipinski definition) is 2. The molecule has 0 bridgehead atoms. The van der Waals surface area contributed by atoms with Crippen molar-refractivity contribution >= 4 is 5.97 Å². The lowest BCUT2D eigenvalue weighted by Gasteiger charge is -2.35. The first-order chi connectivity index (χ1) is 5.24. The number of carboxylic acid groups (broad SMARTS) is 1. The summed E-state index contributed by atoms with van der Waals surface area (Å²) in [7, 11) is 0. The first-order valence-electron chi connectivity index (χ1n) is 3.80. The fourth-order valence-electron chi connectivity index (χ4n) is 1.13. The normalized spacial score (nSPS) is 20.5. The predicted octanol–water partition coefficient (Wildman–Crippen LogP) is 0.579. The van der Waals surface area contributed by atoms with Gasteiger partial charge < -0.3 is 5.11 Å². The molecule has 1 aliphatic heterocycles. The number of likely N-dealkylation sites (tertiary alicyclic amines) is 1. The Balaban J connectivity index is 2.14. The number of carbonyl (C=O) groups is 1. The maximum atomic E-state index is 10.4. The number of carboxylic acids is 1. The van der Waals surface area contributed by atoms with Crippen molar-refractivity contribution in [3.05, 3.63) is 12.2 Å². The fraction of sp³-hybridized carbons (Fsp3) is 0.625. The lowest BCUT2D eigenvalue weighted by molar-refractivity contribution is -0.147. The van der Waals surface area contributed by atoms with Gasteiger partial charge in [-0.2, -0.15) is 0 Å². The lowest BCUT2D eigenvalue weighted by atomic mass is 10.0. The van der Waals surface area contributed by atoms with E-state index in [1.807, 2.05) is 19.1 Å². The molecule has 0 amide bonds. The third-order valence-corrected chi connectivity index (χ3v) is 1.91. The molecule has 0 saturated carbocycles. The highest BCUT2D eigenvalue weighted by Crippen LogP contribution is 2.14. The highest BCUT2D eigenvalue weighted by atomic mass is 16.4. The summed E-state index contributed by atoms with van der Waals surface area (Å²) >= 11 is 0. The Morgan fingerprint density at radius 1 is 1.73 bits per heavy atom. The molecule has 1 fully saturated rings. The molecule has 0 radical (unpaired) electrons. The molecular weight excluding hydrogens is 142 g/mol. The summed E-state index contributed by atoms with van der Waals surface area (Å²) in [6, 6.07) is 0. The molecule has 0 spiro atoms. The number of hydrogen-bond donors (Lipinski definition) is 1. The summed E-state index contributed by atoms with van der Waals surface area (Å²) < 4.78 is 0. The van der Waals surface area contributed by atoms with Crippen LogP contribution in [0.25, 0.3) is 0 Å². The molecule has 0 aromatic carbocycles. The van der Waals surface area contributed by atoms with E-state index in [0.29, 0.717) is 13.1 Å². The average Bonchev–Trinajstić information content (AvgIpc) is 1.84. The number of nitrogens with zero attached hydrogens (tertiary/aromatic N) is 1. The van der Waals surface area contributed by atoms with Crippen LogP contribution in [-0.4, -0.2) is 35.6 Å². The Labute approximate surface area is 66.3 Å². The minimum Gasteiger partial charge on any atom is -0.481 e. The minimum atomic E-state index is -0.665. The molecule has 1 aliphatic rings. The first-order valence-corrected chi connectivity index (χ1v) is 3.80. The Bertz CT molecular complexity index is 171. The van der Waals surface area contributed by atoms with Crippen molar-refractivity contribution in [3.8, 4) is 0 Å². The van der Waals surface area contributed by atoms with E-state index < -0.39 is 5.97 Å². The minimum absolute atomic E-state index is 0.125. The van der Waals surface area contributed by atoms with E-state index in [2.05, 4.69) is 4.90 Å². The van der Waals surface area contributed by atoms with E-state index >= 15 is 0 Å². The van der Waals surface area contributed by atoms with Gasteiger partial charge in [0.15, 0.2) is 0 Å². The van der Waals surface area contributed by atoms with Crippen LogP contribution in [-0.2, 0) is 4.79 Å². The molecule has 3 nitrogen and oxygen atoms in total. The van der Waals surface area contributed by atoms with Crippen molar-refractivity contribution in [3.63, 3.8) is 0 Å². The van der Waals surface area contributed by atoms with E-state index in [0.717, 1.165) is 6.54 Å². The Kier molecular flexibility index (Phi) is 2.65. The van der Waals surface area contributed by atoms with Gasteiger partial charge in [0, 0.05) is 19.6 Å². The molecule has 0 aromatic heterocycles. The van der Waals surface area contributed by atoms with Gasteiger partial charge in [0.25, 0.3) is 0 Å². The molecule has 1 heterocycles. The van der Waals surface area contributed by atoms with E-state index in [9.17, 15) is 4.79 Å². The highest BCUT2D eigenvalue weighted by Gasteiger charge is 2.31. The summed E-state index contributed by atoms with van der Waals surface area (Å²) in [5, 5.41) is 8.53. The number of aliphatic carboxylic acids is 1. The van der Waals surface area contributed by atoms with Crippen molar-refractivity contribution in [2.24, 2.45) is 5.92 Å². The van der Waals surface area contributed by atoms with Crippen molar-refractivity contribution in [1.29, 1.82) is 0 Å². The smallest absolute Gasteiger partial charge is 0.309 e. The zero-order valence-corrected chi connectivity index (χ0v) is 6.66. The van der Waals surface area contributed by atoms with E-state index in [1.165, 1.54) is 0 Å². The summed E-state index contributed by atoms with van der Waals surface area (Å²) in [5.41, 5.74) is 0. The zero-order chi connectivity index (χ0) is 8.27. The second-order valence-corrected chi connectivity index (χ2v) is 2.82. The van der Waals surface area contributed by atoms with Gasteiger partial charge >= 0.3 is 5.97 Å². The van der Waals surface area contributed by atoms with Crippen molar-refractivity contribution in [1.82, 2.24) is 4.90 Å². The van der Waals surface area contributed by atoms with Crippen LogP contribution in [0.1, 0.15) is 6.92 Å². The molecule has 3 heteroatoms. The monoisotopic (exact) mass is 155 g/mol. The maximum Gasteiger partial charge on any atom is 0.309 e. The molecule has 1 saturated heterocycles. The zero-order valence-electron chi connectivity index (χ0n) is 6.66. The second kappa shape index (κ2) is 3.53. The summed E-state index contributed by atoms with van der Waals surface area (Å²) in [6.07, 6.45) is 4.02. The molecule has 0 aliphatic carbocycles. The Morgan fingerprint density at radius 3 is 2.82 bits per heavy atom. The fourth-order valence-corrected chi connectivity index (χ4v) is 1.13. The van der Waals surface area contributed by atoms with Gasteiger partial charge in [-0.1, -0.05) is 12.2 Å². The van der Waals surface area contributed by atoms with Crippen LogP contribution in [0.3, 0.4) is 0 Å². The standard InChI is InChI=1S/C8H13NO2/c1-2-3-4-9-5-7(6-9)8(10)11/h2-3,7H,4-6H2,1H3,(H,10,11)/b3-2+. The van der Waals surface area contributed by atoms with Crippen LogP contribution in [0.5, 0.6) is 0 Å². The van der Waals surface area contributed by atoms with Gasteiger partial charge in [-0.15, -0.1) is 0 Å². The van der Waals surface area contributed by atoms with Crippen LogP contribution in [0, 0.1) is 5.92 Å². The van der Waals surface area contributed by atoms with Crippen LogP contribution < -0.4 is 0 Å². The maximum absolute atomic E-state index is 10.4. The number of rotatable bonds is 3. The summed E-state index contributed by atoms with van der Waals surface area (Å²) in [4.78, 5) is 12.5. The summed E-state index contributed by atoms with van der Waals surface area (Å²) in [5.74, 6) is -0.790. The van der Waals surface area contributed by atoms with Gasteiger partial charge in [0.2, 0.25) is 0 Å². The van der Waals surface area contributed by atoms with E-state index in [1.54, 1.807) is 0 Å². The highest BCUT2D eigenvalue weighted by molar-refractivity contribution is 5.71.